The van der Waals surface area contributed by atoms with Crippen LogP contribution in [0.1, 0.15) is 25.7 Å². The van der Waals surface area contributed by atoms with Crippen LogP contribution < -0.4 is 0 Å². The number of carboxylic acids is 1. The first-order valence-electron chi connectivity index (χ1n) is 6.15. The quantitative estimate of drug-likeness (QED) is 0.672. The Morgan fingerprint density at radius 3 is 2.39 bits per heavy atom. The number of likely N-dealkylation sites (tertiary alicyclic amines) is 1. The predicted molar refractivity (Wildman–Crippen MR) is 64.9 cm³/mol. The van der Waals surface area contributed by atoms with Crippen LogP contribution >= 0.6 is 0 Å². The molecule has 0 radical (unpaired) electrons. The van der Waals surface area contributed by atoms with Crippen molar-refractivity contribution < 1.29 is 19.8 Å². The van der Waals surface area contributed by atoms with Gasteiger partial charge in [0, 0.05) is 13.1 Å². The van der Waals surface area contributed by atoms with E-state index in [0.29, 0.717) is 12.8 Å². The molecule has 1 amide bonds. The fourth-order valence-electron chi connectivity index (χ4n) is 2.46. The van der Waals surface area contributed by atoms with E-state index in [0.717, 1.165) is 18.4 Å². The maximum atomic E-state index is 11.3. The van der Waals surface area contributed by atoms with Crippen molar-refractivity contribution >= 4 is 11.9 Å². The second-order valence-corrected chi connectivity index (χ2v) is 4.77. The van der Waals surface area contributed by atoms with E-state index >= 15 is 0 Å². The molecule has 2 rings (SSSR count). The minimum absolute atomic E-state index is 0.285. The van der Waals surface area contributed by atoms with Gasteiger partial charge in [-0.15, -0.1) is 0 Å². The highest BCUT2D eigenvalue weighted by molar-refractivity contribution is 6.31. The van der Waals surface area contributed by atoms with Crippen molar-refractivity contribution in [3.63, 3.8) is 0 Å². The Hall–Kier alpha value is -1.62. The molecule has 0 spiro atoms. The van der Waals surface area contributed by atoms with Crippen LogP contribution in [0.5, 0.6) is 0 Å². The van der Waals surface area contributed by atoms with E-state index in [4.69, 9.17) is 5.11 Å². The number of carbonyl (C=O) groups excluding carboxylic acids is 1. The Morgan fingerprint density at radius 2 is 1.89 bits per heavy atom. The number of piperidine rings is 1. The SMILES string of the molecule is O=C(O)C(=O)N1CCC(O)(C2=CCCC=C2)CC1. The maximum absolute atomic E-state index is 11.3. The highest BCUT2D eigenvalue weighted by atomic mass is 16.4. The second kappa shape index (κ2) is 4.94. The van der Waals surface area contributed by atoms with Crippen LogP contribution in [0.25, 0.3) is 0 Å². The lowest BCUT2D eigenvalue weighted by molar-refractivity contribution is -0.157. The largest absolute Gasteiger partial charge is 0.474 e. The first-order chi connectivity index (χ1) is 8.53. The third-order valence-corrected chi connectivity index (χ3v) is 3.59. The zero-order valence-electron chi connectivity index (χ0n) is 10.1. The Labute approximate surface area is 105 Å². The number of nitrogens with zero attached hydrogens (tertiary/aromatic N) is 1. The molecule has 0 aromatic carbocycles. The van der Waals surface area contributed by atoms with E-state index < -0.39 is 17.5 Å². The van der Waals surface area contributed by atoms with Crippen molar-refractivity contribution in [2.24, 2.45) is 0 Å². The van der Waals surface area contributed by atoms with Crippen LogP contribution in [0.2, 0.25) is 0 Å². The molecule has 0 saturated carbocycles. The molecule has 0 aromatic heterocycles. The van der Waals surface area contributed by atoms with Crippen molar-refractivity contribution in [1.82, 2.24) is 4.90 Å². The standard InChI is InChI=1S/C13H17NO4/c15-11(12(16)17)14-8-6-13(18,7-9-14)10-4-2-1-3-5-10/h2,4-5,18H,1,3,6-9H2,(H,16,17). The highest BCUT2D eigenvalue weighted by Crippen LogP contribution is 2.32. The van der Waals surface area contributed by atoms with Gasteiger partial charge < -0.3 is 15.1 Å². The van der Waals surface area contributed by atoms with Gasteiger partial charge in [0.1, 0.15) is 0 Å². The van der Waals surface area contributed by atoms with Gasteiger partial charge in [0.2, 0.25) is 0 Å². The molecule has 0 atom stereocenters. The molecule has 0 unspecified atom stereocenters. The number of amides is 1. The van der Waals surface area contributed by atoms with Crippen LogP contribution in [-0.2, 0) is 9.59 Å². The maximum Gasteiger partial charge on any atom is 0.394 e. The number of hydrogen-bond acceptors (Lipinski definition) is 3. The van der Waals surface area contributed by atoms with Crippen LogP contribution in [0.15, 0.2) is 23.8 Å². The third kappa shape index (κ3) is 2.46. The summed E-state index contributed by atoms with van der Waals surface area (Å²) in [5.74, 6) is -2.32. The average molecular weight is 251 g/mol. The molecular weight excluding hydrogens is 234 g/mol. The molecule has 98 valence electrons. The number of allylic oxidation sites excluding steroid dienone is 2. The van der Waals surface area contributed by atoms with Crippen LogP contribution in [0, 0.1) is 0 Å². The molecule has 1 heterocycles. The van der Waals surface area contributed by atoms with Crippen LogP contribution in [0.3, 0.4) is 0 Å². The smallest absolute Gasteiger partial charge is 0.394 e. The topological polar surface area (TPSA) is 77.8 Å². The lowest BCUT2D eigenvalue weighted by atomic mass is 9.82. The van der Waals surface area contributed by atoms with Gasteiger partial charge in [-0.1, -0.05) is 18.2 Å². The number of hydrogen-bond donors (Lipinski definition) is 2. The fraction of sp³-hybridized carbons (Fsp3) is 0.538. The second-order valence-electron chi connectivity index (χ2n) is 4.77. The molecule has 0 aromatic rings. The number of carbonyl (C=O) groups is 2. The Balaban J connectivity index is 2.01. The van der Waals surface area contributed by atoms with Crippen molar-refractivity contribution in [2.75, 3.05) is 13.1 Å². The molecule has 0 bridgehead atoms. The monoisotopic (exact) mass is 251 g/mol. The van der Waals surface area contributed by atoms with Crippen molar-refractivity contribution in [3.8, 4) is 0 Å². The highest BCUT2D eigenvalue weighted by Gasteiger charge is 2.37. The van der Waals surface area contributed by atoms with E-state index in [-0.39, 0.29) is 13.1 Å². The molecule has 2 aliphatic rings. The first kappa shape index (κ1) is 12.8. The molecule has 1 aliphatic heterocycles. The molecular formula is C13H17NO4. The van der Waals surface area contributed by atoms with Gasteiger partial charge in [-0.3, -0.25) is 4.79 Å². The summed E-state index contributed by atoms with van der Waals surface area (Å²) in [4.78, 5) is 23.2. The van der Waals surface area contributed by atoms with Gasteiger partial charge >= 0.3 is 11.9 Å². The molecule has 1 aliphatic carbocycles. The van der Waals surface area contributed by atoms with Crippen LogP contribution in [0.4, 0.5) is 0 Å². The molecule has 1 saturated heterocycles. The van der Waals surface area contributed by atoms with Gasteiger partial charge in [0.05, 0.1) is 5.60 Å². The summed E-state index contributed by atoms with van der Waals surface area (Å²) < 4.78 is 0. The zero-order valence-corrected chi connectivity index (χ0v) is 10.1. The van der Waals surface area contributed by atoms with Gasteiger partial charge in [0.25, 0.3) is 0 Å². The third-order valence-electron chi connectivity index (χ3n) is 3.59. The van der Waals surface area contributed by atoms with Gasteiger partial charge in [-0.2, -0.15) is 0 Å². The lowest BCUT2D eigenvalue weighted by Gasteiger charge is -2.39. The van der Waals surface area contributed by atoms with Crippen molar-refractivity contribution in [1.29, 1.82) is 0 Å². The van der Waals surface area contributed by atoms with E-state index in [1.54, 1.807) is 0 Å². The summed E-state index contributed by atoms with van der Waals surface area (Å²) in [5.41, 5.74) is -0.0113. The van der Waals surface area contributed by atoms with E-state index in [9.17, 15) is 14.7 Å². The minimum atomic E-state index is -1.43. The van der Waals surface area contributed by atoms with Crippen molar-refractivity contribution in [2.45, 2.75) is 31.3 Å². The summed E-state index contributed by atoms with van der Waals surface area (Å²) in [6.07, 6.45) is 8.68. The Kier molecular flexibility index (Phi) is 3.52. The number of rotatable bonds is 1. The van der Waals surface area contributed by atoms with Crippen LogP contribution in [-0.4, -0.2) is 45.7 Å². The molecule has 5 heteroatoms. The number of carboxylic acid groups (broad SMARTS) is 1. The summed E-state index contributed by atoms with van der Waals surface area (Å²) >= 11 is 0. The van der Waals surface area contributed by atoms with E-state index in [1.165, 1.54) is 4.90 Å². The lowest BCUT2D eigenvalue weighted by Crippen LogP contribution is -2.49. The normalized spacial score (nSPS) is 22.5. The van der Waals surface area contributed by atoms with Gasteiger partial charge in [-0.05, 0) is 31.3 Å². The summed E-state index contributed by atoms with van der Waals surface area (Å²) in [6.45, 7) is 0.569. The predicted octanol–water partition coefficient (Wildman–Crippen LogP) is 0.701. The Morgan fingerprint density at radius 1 is 1.22 bits per heavy atom. The molecule has 5 nitrogen and oxygen atoms in total. The van der Waals surface area contributed by atoms with Crippen molar-refractivity contribution in [3.05, 3.63) is 23.8 Å². The van der Waals surface area contributed by atoms with Gasteiger partial charge in [-0.25, -0.2) is 4.79 Å². The fourth-order valence-corrected chi connectivity index (χ4v) is 2.46. The number of aliphatic carboxylic acids is 1. The van der Waals surface area contributed by atoms with E-state index in [2.05, 4.69) is 0 Å². The first-order valence-corrected chi connectivity index (χ1v) is 6.15. The van der Waals surface area contributed by atoms with Gasteiger partial charge in [0.15, 0.2) is 0 Å². The minimum Gasteiger partial charge on any atom is -0.474 e. The zero-order chi connectivity index (χ0) is 13.2. The molecule has 18 heavy (non-hydrogen) atoms. The Bertz CT molecular complexity index is 417. The summed E-state index contributed by atoms with van der Waals surface area (Å²) in [5, 5.41) is 19.2. The number of aliphatic hydroxyl groups is 1. The summed E-state index contributed by atoms with van der Waals surface area (Å²) in [6, 6.07) is 0. The van der Waals surface area contributed by atoms with E-state index in [1.807, 2.05) is 18.2 Å². The summed E-state index contributed by atoms with van der Waals surface area (Å²) in [7, 11) is 0. The average Bonchev–Trinajstić information content (AvgIpc) is 2.40. The molecule has 1 fully saturated rings. The molecule has 2 N–H and O–H groups in total.